The second kappa shape index (κ2) is 6.65. The summed E-state index contributed by atoms with van der Waals surface area (Å²) in [6.45, 7) is 3.66. The number of nitrogens with two attached hydrogens (primary N) is 1. The molecule has 1 aromatic heterocycles. The highest BCUT2D eigenvalue weighted by atomic mass is 16.5. The van der Waals surface area contributed by atoms with Crippen molar-refractivity contribution in [2.75, 3.05) is 25.1 Å². The lowest BCUT2D eigenvalue weighted by molar-refractivity contribution is 0.0592. The molecule has 20 heavy (non-hydrogen) atoms. The van der Waals surface area contributed by atoms with Crippen LogP contribution in [-0.4, -0.2) is 42.4 Å². The van der Waals surface area contributed by atoms with Crippen molar-refractivity contribution in [1.29, 1.82) is 0 Å². The van der Waals surface area contributed by atoms with Gasteiger partial charge in [0.05, 0.1) is 7.11 Å². The lowest BCUT2D eigenvalue weighted by Crippen LogP contribution is -2.41. The topological polar surface area (TPSA) is 81.3 Å². The van der Waals surface area contributed by atoms with Gasteiger partial charge in [0.15, 0.2) is 11.5 Å². The van der Waals surface area contributed by atoms with E-state index in [0.29, 0.717) is 18.5 Å². The van der Waals surface area contributed by atoms with Crippen molar-refractivity contribution in [3.63, 3.8) is 0 Å². The van der Waals surface area contributed by atoms with Gasteiger partial charge in [0, 0.05) is 12.6 Å². The normalized spacial score (nSPS) is 21.8. The highest BCUT2D eigenvalue weighted by molar-refractivity contribution is 5.86. The summed E-state index contributed by atoms with van der Waals surface area (Å²) >= 11 is 0. The monoisotopic (exact) mass is 278 g/mol. The van der Waals surface area contributed by atoms with Gasteiger partial charge in [-0.1, -0.05) is 6.42 Å². The SMILES string of the molecule is CCN(c1ccc(C(=O)OC)nn1)C1CCCC1CN. The summed E-state index contributed by atoms with van der Waals surface area (Å²) in [5.41, 5.74) is 6.08. The number of carbonyl (C=O) groups is 1. The van der Waals surface area contributed by atoms with Gasteiger partial charge in [0.1, 0.15) is 0 Å². The average Bonchev–Trinajstić information content (AvgIpc) is 2.96. The number of hydrogen-bond acceptors (Lipinski definition) is 6. The van der Waals surface area contributed by atoms with Crippen LogP contribution < -0.4 is 10.6 Å². The van der Waals surface area contributed by atoms with Crippen LogP contribution in [0.4, 0.5) is 5.82 Å². The fraction of sp³-hybridized carbons (Fsp3) is 0.643. The molecule has 2 N–H and O–H groups in total. The van der Waals surface area contributed by atoms with Gasteiger partial charge >= 0.3 is 5.97 Å². The van der Waals surface area contributed by atoms with Gasteiger partial charge in [0.2, 0.25) is 0 Å². The number of carbonyl (C=O) groups excluding carboxylic acids is 1. The van der Waals surface area contributed by atoms with Crippen molar-refractivity contribution in [2.45, 2.75) is 32.2 Å². The van der Waals surface area contributed by atoms with Gasteiger partial charge < -0.3 is 15.4 Å². The predicted octanol–water partition coefficient (Wildman–Crippen LogP) is 1.22. The summed E-state index contributed by atoms with van der Waals surface area (Å²) in [6, 6.07) is 3.90. The van der Waals surface area contributed by atoms with E-state index < -0.39 is 5.97 Å². The maximum absolute atomic E-state index is 11.4. The van der Waals surface area contributed by atoms with Gasteiger partial charge in [0.25, 0.3) is 0 Å². The number of rotatable bonds is 5. The Bertz CT molecular complexity index is 449. The van der Waals surface area contributed by atoms with E-state index in [2.05, 4.69) is 26.8 Å². The van der Waals surface area contributed by atoms with Gasteiger partial charge in [-0.05, 0) is 44.4 Å². The number of hydrogen-bond donors (Lipinski definition) is 1. The molecule has 2 unspecified atom stereocenters. The zero-order chi connectivity index (χ0) is 14.5. The third kappa shape index (κ3) is 2.90. The van der Waals surface area contributed by atoms with Gasteiger partial charge in [-0.15, -0.1) is 10.2 Å². The van der Waals surface area contributed by atoms with Crippen molar-refractivity contribution in [3.8, 4) is 0 Å². The van der Waals surface area contributed by atoms with Crippen LogP contribution in [0.15, 0.2) is 12.1 Å². The van der Waals surface area contributed by atoms with E-state index in [4.69, 9.17) is 5.73 Å². The molecular weight excluding hydrogens is 256 g/mol. The number of methoxy groups -OCH3 is 1. The molecule has 0 bridgehead atoms. The van der Waals surface area contributed by atoms with Crippen LogP contribution in [0, 0.1) is 5.92 Å². The molecular formula is C14H22N4O2. The molecule has 2 rings (SSSR count). The Kier molecular flexibility index (Phi) is 4.89. The second-order valence-corrected chi connectivity index (χ2v) is 5.05. The minimum atomic E-state index is -0.465. The fourth-order valence-electron chi connectivity index (χ4n) is 2.96. The van der Waals surface area contributed by atoms with Crippen LogP contribution in [0.2, 0.25) is 0 Å². The summed E-state index contributed by atoms with van der Waals surface area (Å²) in [6.07, 6.45) is 3.51. The van der Waals surface area contributed by atoms with E-state index in [0.717, 1.165) is 18.8 Å². The van der Waals surface area contributed by atoms with Crippen molar-refractivity contribution in [2.24, 2.45) is 11.7 Å². The van der Waals surface area contributed by atoms with Crippen molar-refractivity contribution < 1.29 is 9.53 Å². The molecule has 0 radical (unpaired) electrons. The number of esters is 1. The summed E-state index contributed by atoms with van der Waals surface area (Å²) in [5.74, 6) is 0.843. The average molecular weight is 278 g/mol. The van der Waals surface area contributed by atoms with E-state index in [1.807, 2.05) is 6.07 Å². The smallest absolute Gasteiger partial charge is 0.358 e. The zero-order valence-electron chi connectivity index (χ0n) is 12.1. The van der Waals surface area contributed by atoms with E-state index in [9.17, 15) is 4.79 Å². The molecule has 0 aliphatic heterocycles. The van der Waals surface area contributed by atoms with Gasteiger partial charge in [-0.2, -0.15) is 0 Å². The molecule has 2 atom stereocenters. The van der Waals surface area contributed by atoms with E-state index >= 15 is 0 Å². The van der Waals surface area contributed by atoms with Crippen molar-refractivity contribution in [1.82, 2.24) is 10.2 Å². The molecule has 0 saturated heterocycles. The van der Waals surface area contributed by atoms with Crippen LogP contribution in [0.3, 0.4) is 0 Å². The molecule has 110 valence electrons. The van der Waals surface area contributed by atoms with Crippen LogP contribution in [-0.2, 0) is 4.74 Å². The summed E-state index contributed by atoms with van der Waals surface area (Å²) in [5, 5.41) is 8.11. The highest BCUT2D eigenvalue weighted by Crippen LogP contribution is 2.31. The summed E-state index contributed by atoms with van der Waals surface area (Å²) in [7, 11) is 1.33. The standard InChI is InChI=1S/C14H22N4O2/c1-3-18(12-6-4-5-10(12)9-15)13-8-7-11(16-17-13)14(19)20-2/h7-8,10,12H,3-6,9,15H2,1-2H3. The number of anilines is 1. The summed E-state index contributed by atoms with van der Waals surface area (Å²) in [4.78, 5) is 13.6. The molecule has 0 spiro atoms. The zero-order valence-corrected chi connectivity index (χ0v) is 12.1. The Balaban J connectivity index is 2.17. The van der Waals surface area contributed by atoms with Crippen LogP contribution in [0.25, 0.3) is 0 Å². The van der Waals surface area contributed by atoms with Gasteiger partial charge in [-0.3, -0.25) is 0 Å². The number of nitrogens with zero attached hydrogens (tertiary/aromatic N) is 3. The Morgan fingerprint density at radius 2 is 2.25 bits per heavy atom. The third-order valence-corrected chi connectivity index (χ3v) is 4.00. The first-order chi connectivity index (χ1) is 9.71. The van der Waals surface area contributed by atoms with E-state index in [1.54, 1.807) is 6.07 Å². The maximum Gasteiger partial charge on any atom is 0.358 e. The minimum Gasteiger partial charge on any atom is -0.464 e. The molecule has 0 amide bonds. The van der Waals surface area contributed by atoms with E-state index in [1.165, 1.54) is 20.0 Å². The molecule has 1 aromatic rings. The first kappa shape index (κ1) is 14.7. The maximum atomic E-state index is 11.4. The number of ether oxygens (including phenoxy) is 1. The molecule has 1 aliphatic rings. The Labute approximate surface area is 119 Å². The van der Waals surface area contributed by atoms with Crippen LogP contribution in [0.1, 0.15) is 36.7 Å². The van der Waals surface area contributed by atoms with Crippen molar-refractivity contribution >= 4 is 11.8 Å². The molecule has 6 heteroatoms. The lowest BCUT2D eigenvalue weighted by Gasteiger charge is -2.32. The Hall–Kier alpha value is -1.69. The first-order valence-electron chi connectivity index (χ1n) is 7.10. The quantitative estimate of drug-likeness (QED) is 0.815. The fourth-order valence-corrected chi connectivity index (χ4v) is 2.96. The lowest BCUT2D eigenvalue weighted by atomic mass is 10.0. The molecule has 1 fully saturated rings. The Morgan fingerprint density at radius 1 is 1.45 bits per heavy atom. The molecule has 6 nitrogen and oxygen atoms in total. The van der Waals surface area contributed by atoms with Crippen molar-refractivity contribution in [3.05, 3.63) is 17.8 Å². The predicted molar refractivity (Wildman–Crippen MR) is 76.6 cm³/mol. The largest absolute Gasteiger partial charge is 0.464 e. The van der Waals surface area contributed by atoms with E-state index in [-0.39, 0.29) is 5.69 Å². The van der Waals surface area contributed by atoms with Crippen LogP contribution >= 0.6 is 0 Å². The highest BCUT2D eigenvalue weighted by Gasteiger charge is 2.31. The third-order valence-electron chi connectivity index (χ3n) is 4.00. The molecule has 1 aliphatic carbocycles. The number of aromatic nitrogens is 2. The first-order valence-corrected chi connectivity index (χ1v) is 7.10. The molecule has 1 heterocycles. The van der Waals surface area contributed by atoms with Gasteiger partial charge in [-0.25, -0.2) is 4.79 Å². The summed E-state index contributed by atoms with van der Waals surface area (Å²) < 4.78 is 4.63. The Morgan fingerprint density at radius 3 is 2.80 bits per heavy atom. The second-order valence-electron chi connectivity index (χ2n) is 5.05. The van der Waals surface area contributed by atoms with Crippen LogP contribution in [0.5, 0.6) is 0 Å². The minimum absolute atomic E-state index is 0.231. The molecule has 1 saturated carbocycles. The molecule has 0 aromatic carbocycles.